The largest absolute Gasteiger partial charge is 0.485 e. The summed E-state index contributed by atoms with van der Waals surface area (Å²) in [5, 5.41) is 18.1. The third kappa shape index (κ3) is 2.35. The molecule has 1 aliphatic carbocycles. The zero-order valence-electron chi connectivity index (χ0n) is 12.8. The highest BCUT2D eigenvalue weighted by molar-refractivity contribution is 9.10. The standard InChI is InChI=1S/C18H17BrN2O2/c19-13-4-5-14-15(12-13)23-18(8-1-9-18)17(16(14)22,6-2-10-20)7-3-11-21/h4-5,12H,1-3,6-9H2. The van der Waals surface area contributed by atoms with Crippen LogP contribution in [0.1, 0.15) is 55.3 Å². The summed E-state index contributed by atoms with van der Waals surface area (Å²) in [6, 6.07) is 9.76. The van der Waals surface area contributed by atoms with Crippen LogP contribution in [-0.4, -0.2) is 11.4 Å². The molecule has 118 valence electrons. The molecule has 1 aliphatic heterocycles. The molecule has 0 radical (unpaired) electrons. The van der Waals surface area contributed by atoms with Crippen LogP contribution in [0.4, 0.5) is 0 Å². The minimum absolute atomic E-state index is 0.0384. The Hall–Kier alpha value is -1.85. The summed E-state index contributed by atoms with van der Waals surface area (Å²) in [7, 11) is 0. The molecule has 5 heteroatoms. The fourth-order valence-electron chi connectivity index (χ4n) is 3.97. The molecule has 0 saturated heterocycles. The maximum absolute atomic E-state index is 13.4. The Morgan fingerprint density at radius 2 is 1.83 bits per heavy atom. The number of hydrogen-bond donors (Lipinski definition) is 0. The first-order valence-electron chi connectivity index (χ1n) is 7.86. The third-order valence-electron chi connectivity index (χ3n) is 5.29. The number of ketones is 1. The van der Waals surface area contributed by atoms with Gasteiger partial charge in [-0.2, -0.15) is 10.5 Å². The van der Waals surface area contributed by atoms with Crippen molar-refractivity contribution in [2.75, 3.05) is 0 Å². The van der Waals surface area contributed by atoms with Crippen LogP contribution in [0.5, 0.6) is 5.75 Å². The molecule has 3 rings (SSSR count). The van der Waals surface area contributed by atoms with Crippen LogP contribution in [0.25, 0.3) is 0 Å². The number of fused-ring (bicyclic) bond motifs is 1. The smallest absolute Gasteiger partial charge is 0.176 e. The van der Waals surface area contributed by atoms with Gasteiger partial charge in [0.2, 0.25) is 0 Å². The molecule has 1 spiro atoms. The summed E-state index contributed by atoms with van der Waals surface area (Å²) in [4.78, 5) is 13.4. The van der Waals surface area contributed by atoms with Crippen molar-refractivity contribution in [2.45, 2.75) is 50.5 Å². The van der Waals surface area contributed by atoms with E-state index in [-0.39, 0.29) is 5.78 Å². The highest BCUT2D eigenvalue weighted by Crippen LogP contribution is 2.59. The van der Waals surface area contributed by atoms with Crippen LogP contribution in [-0.2, 0) is 0 Å². The van der Waals surface area contributed by atoms with Crippen LogP contribution in [0.2, 0.25) is 0 Å². The van der Waals surface area contributed by atoms with Gasteiger partial charge in [-0.1, -0.05) is 15.9 Å². The summed E-state index contributed by atoms with van der Waals surface area (Å²) in [5.41, 5.74) is -0.732. The molecule has 2 aliphatic rings. The molecule has 1 aromatic carbocycles. The van der Waals surface area contributed by atoms with Crippen molar-refractivity contribution in [2.24, 2.45) is 5.41 Å². The Balaban J connectivity index is 2.11. The Morgan fingerprint density at radius 1 is 1.17 bits per heavy atom. The Morgan fingerprint density at radius 3 is 2.35 bits per heavy atom. The molecule has 0 unspecified atom stereocenters. The molecular weight excluding hydrogens is 356 g/mol. The average Bonchev–Trinajstić information content (AvgIpc) is 2.51. The molecule has 23 heavy (non-hydrogen) atoms. The zero-order chi connectivity index (χ0) is 16.5. The van der Waals surface area contributed by atoms with E-state index in [1.807, 2.05) is 12.1 Å². The number of benzene rings is 1. The molecule has 1 saturated carbocycles. The quantitative estimate of drug-likeness (QED) is 0.777. The number of hydrogen-bond acceptors (Lipinski definition) is 4. The van der Waals surface area contributed by atoms with Crippen molar-refractivity contribution in [1.29, 1.82) is 10.5 Å². The number of nitrogens with zero attached hydrogens (tertiary/aromatic N) is 2. The number of Topliss-reactive ketones (excluding diaryl/α,β-unsaturated/α-hetero) is 1. The van der Waals surface area contributed by atoms with Crippen LogP contribution in [0.15, 0.2) is 22.7 Å². The van der Waals surface area contributed by atoms with Gasteiger partial charge in [0, 0.05) is 17.3 Å². The summed E-state index contributed by atoms with van der Waals surface area (Å²) < 4.78 is 7.22. The van der Waals surface area contributed by atoms with E-state index in [1.165, 1.54) is 0 Å². The molecule has 0 bridgehead atoms. The van der Waals surface area contributed by atoms with Gasteiger partial charge in [-0.25, -0.2) is 0 Å². The number of rotatable bonds is 4. The molecular formula is C18H17BrN2O2. The van der Waals surface area contributed by atoms with E-state index in [9.17, 15) is 4.79 Å². The monoisotopic (exact) mass is 372 g/mol. The number of carbonyl (C=O) groups excluding carboxylic acids is 1. The van der Waals surface area contributed by atoms with Crippen molar-refractivity contribution >= 4 is 21.7 Å². The first-order valence-corrected chi connectivity index (χ1v) is 8.65. The second-order valence-electron chi connectivity index (χ2n) is 6.32. The van der Waals surface area contributed by atoms with Gasteiger partial charge >= 0.3 is 0 Å². The SMILES string of the molecule is N#CCCC1(CCC#N)C(=O)c2ccc(Br)cc2OC12CCC2. The summed E-state index contributed by atoms with van der Waals surface area (Å²) in [6.45, 7) is 0. The van der Waals surface area contributed by atoms with Crippen molar-refractivity contribution < 1.29 is 9.53 Å². The lowest BCUT2D eigenvalue weighted by molar-refractivity contribution is -0.113. The predicted molar refractivity (Wildman–Crippen MR) is 87.8 cm³/mol. The second kappa shape index (κ2) is 5.98. The topological polar surface area (TPSA) is 73.9 Å². The maximum atomic E-state index is 13.4. The van der Waals surface area contributed by atoms with Gasteiger partial charge in [0.15, 0.2) is 5.78 Å². The summed E-state index contributed by atoms with van der Waals surface area (Å²) in [5.74, 6) is 0.657. The molecule has 4 nitrogen and oxygen atoms in total. The van der Waals surface area contributed by atoms with Gasteiger partial charge in [-0.05, 0) is 50.3 Å². The molecule has 1 heterocycles. The lowest BCUT2D eigenvalue weighted by Crippen LogP contribution is -2.63. The second-order valence-corrected chi connectivity index (χ2v) is 7.23. The van der Waals surface area contributed by atoms with Gasteiger partial charge in [-0.3, -0.25) is 4.79 Å². The van der Waals surface area contributed by atoms with Crippen LogP contribution >= 0.6 is 15.9 Å². The van der Waals surface area contributed by atoms with E-state index in [4.69, 9.17) is 15.3 Å². The van der Waals surface area contributed by atoms with E-state index >= 15 is 0 Å². The van der Waals surface area contributed by atoms with E-state index in [0.717, 1.165) is 23.7 Å². The van der Waals surface area contributed by atoms with Crippen molar-refractivity contribution in [3.63, 3.8) is 0 Å². The highest BCUT2D eigenvalue weighted by Gasteiger charge is 2.63. The maximum Gasteiger partial charge on any atom is 0.176 e. The van der Waals surface area contributed by atoms with E-state index < -0.39 is 11.0 Å². The fraction of sp³-hybridized carbons (Fsp3) is 0.500. The van der Waals surface area contributed by atoms with E-state index in [2.05, 4.69) is 28.1 Å². The third-order valence-corrected chi connectivity index (χ3v) is 5.78. The Bertz CT molecular complexity index is 708. The van der Waals surface area contributed by atoms with Gasteiger partial charge in [0.25, 0.3) is 0 Å². The van der Waals surface area contributed by atoms with Gasteiger partial charge in [0.05, 0.1) is 23.1 Å². The van der Waals surface area contributed by atoms with Gasteiger partial charge in [0.1, 0.15) is 11.4 Å². The first kappa shape index (κ1) is 16.0. The molecule has 1 fully saturated rings. The first-order chi connectivity index (χ1) is 11.1. The van der Waals surface area contributed by atoms with Crippen LogP contribution in [0.3, 0.4) is 0 Å². The van der Waals surface area contributed by atoms with Crippen molar-refractivity contribution in [1.82, 2.24) is 0 Å². The number of nitriles is 2. The lowest BCUT2D eigenvalue weighted by Gasteiger charge is -2.57. The Kier molecular flexibility index (Phi) is 4.17. The van der Waals surface area contributed by atoms with Crippen LogP contribution < -0.4 is 4.74 Å². The minimum Gasteiger partial charge on any atom is -0.485 e. The average molecular weight is 373 g/mol. The van der Waals surface area contributed by atoms with Gasteiger partial charge < -0.3 is 4.74 Å². The number of halogens is 1. The molecule has 0 amide bonds. The van der Waals surface area contributed by atoms with E-state index in [1.54, 1.807) is 6.07 Å². The van der Waals surface area contributed by atoms with Crippen LogP contribution in [0, 0.1) is 28.1 Å². The Labute approximate surface area is 144 Å². The minimum atomic E-state index is -0.752. The predicted octanol–water partition coefficient (Wildman–Crippen LogP) is 4.54. The van der Waals surface area contributed by atoms with Crippen molar-refractivity contribution in [3.05, 3.63) is 28.2 Å². The fourth-order valence-corrected chi connectivity index (χ4v) is 4.31. The number of ether oxygens (including phenoxy) is 1. The zero-order valence-corrected chi connectivity index (χ0v) is 14.4. The highest BCUT2D eigenvalue weighted by atomic mass is 79.9. The number of carbonyl (C=O) groups is 1. The summed E-state index contributed by atoms with van der Waals surface area (Å²) in [6.07, 6.45) is 4.14. The molecule has 1 aromatic rings. The lowest BCUT2D eigenvalue weighted by atomic mass is 9.53. The summed E-state index contributed by atoms with van der Waals surface area (Å²) >= 11 is 3.42. The molecule has 0 aromatic heterocycles. The molecule has 0 N–H and O–H groups in total. The van der Waals surface area contributed by atoms with Gasteiger partial charge in [-0.15, -0.1) is 0 Å². The molecule has 0 atom stereocenters. The van der Waals surface area contributed by atoms with E-state index in [0.29, 0.717) is 37.0 Å². The normalized spacial score (nSPS) is 19.9. The van der Waals surface area contributed by atoms with Crippen molar-refractivity contribution in [3.8, 4) is 17.9 Å².